The third-order valence-corrected chi connectivity index (χ3v) is 7.09. The predicted octanol–water partition coefficient (Wildman–Crippen LogP) is 4.61. The molecule has 6 nitrogen and oxygen atoms in total. The van der Waals surface area contributed by atoms with Crippen LogP contribution in [0.25, 0.3) is 0 Å². The summed E-state index contributed by atoms with van der Waals surface area (Å²) in [7, 11) is 0. The van der Waals surface area contributed by atoms with Gasteiger partial charge >= 0.3 is 5.97 Å². The number of unbranched alkanes of at least 4 members (excludes halogenated alkanes) is 2. The highest BCUT2D eigenvalue weighted by Crippen LogP contribution is 2.45. The summed E-state index contributed by atoms with van der Waals surface area (Å²) in [5, 5.41) is 8.82. The van der Waals surface area contributed by atoms with E-state index in [0.717, 1.165) is 24.9 Å². The van der Waals surface area contributed by atoms with E-state index in [9.17, 15) is 14.4 Å². The number of fused-ring (bicyclic) bond motifs is 2. The zero-order valence-corrected chi connectivity index (χ0v) is 18.9. The molecule has 2 amide bonds. The molecule has 6 heteroatoms. The SMILES string of the molecule is CC1N(CCCCCC(=O)O)c2ccc(CN3C(=O)c4ccccc4C3=O)cc2C1(C)C. The van der Waals surface area contributed by atoms with Gasteiger partial charge in [-0.2, -0.15) is 0 Å². The maximum atomic E-state index is 12.8. The second-order valence-corrected chi connectivity index (χ2v) is 9.39. The summed E-state index contributed by atoms with van der Waals surface area (Å²) in [4.78, 5) is 40.0. The molecule has 0 saturated heterocycles. The second-order valence-electron chi connectivity index (χ2n) is 9.39. The topological polar surface area (TPSA) is 77.9 Å². The number of hydrogen-bond donors (Lipinski definition) is 1. The Morgan fingerprint density at radius 2 is 1.66 bits per heavy atom. The van der Waals surface area contributed by atoms with Crippen molar-refractivity contribution in [3.63, 3.8) is 0 Å². The van der Waals surface area contributed by atoms with Crippen LogP contribution in [-0.2, 0) is 16.8 Å². The van der Waals surface area contributed by atoms with Crippen molar-refractivity contribution in [1.29, 1.82) is 0 Å². The number of rotatable bonds is 8. The number of anilines is 1. The summed E-state index contributed by atoms with van der Waals surface area (Å²) in [6.45, 7) is 7.83. The summed E-state index contributed by atoms with van der Waals surface area (Å²) in [5.74, 6) is -1.21. The molecule has 4 rings (SSSR count). The Labute approximate surface area is 188 Å². The standard InChI is InChI=1S/C26H30N2O4/c1-17-26(2,3)21-15-18(12-13-22(21)27(17)14-8-4-5-11-23(29)30)16-28-24(31)19-9-6-7-10-20(19)25(28)32/h6-7,9-10,12-13,15,17H,4-5,8,11,14,16H2,1-3H3,(H,29,30). The highest BCUT2D eigenvalue weighted by Gasteiger charge is 2.42. The van der Waals surface area contributed by atoms with Gasteiger partial charge in [-0.05, 0) is 49.1 Å². The monoisotopic (exact) mass is 434 g/mol. The van der Waals surface area contributed by atoms with Crippen LogP contribution < -0.4 is 4.90 Å². The van der Waals surface area contributed by atoms with Crippen LogP contribution in [0.3, 0.4) is 0 Å². The van der Waals surface area contributed by atoms with Crippen LogP contribution in [0.2, 0.25) is 0 Å². The molecule has 0 bridgehead atoms. The van der Waals surface area contributed by atoms with E-state index >= 15 is 0 Å². The average Bonchev–Trinajstić information content (AvgIpc) is 3.11. The first-order valence-electron chi connectivity index (χ1n) is 11.3. The Morgan fingerprint density at radius 3 is 2.28 bits per heavy atom. The van der Waals surface area contributed by atoms with Crippen molar-refractivity contribution in [3.8, 4) is 0 Å². The number of benzene rings is 2. The fourth-order valence-electron chi connectivity index (χ4n) is 4.89. The molecular weight excluding hydrogens is 404 g/mol. The molecule has 2 aliphatic rings. The molecule has 2 heterocycles. The number of nitrogens with zero attached hydrogens (tertiary/aromatic N) is 2. The van der Waals surface area contributed by atoms with Gasteiger partial charge in [0.15, 0.2) is 0 Å². The van der Waals surface area contributed by atoms with Gasteiger partial charge in [0.25, 0.3) is 11.8 Å². The Bertz CT molecular complexity index is 1040. The fraction of sp³-hybridized carbons (Fsp3) is 0.423. The third-order valence-electron chi connectivity index (χ3n) is 7.09. The van der Waals surface area contributed by atoms with Gasteiger partial charge in [0.05, 0.1) is 17.7 Å². The van der Waals surface area contributed by atoms with E-state index in [1.165, 1.54) is 16.2 Å². The smallest absolute Gasteiger partial charge is 0.303 e. The molecule has 1 unspecified atom stereocenters. The third kappa shape index (κ3) is 3.78. The number of hydrogen-bond acceptors (Lipinski definition) is 4. The number of amides is 2. The number of carboxylic acid groups (broad SMARTS) is 1. The van der Waals surface area contributed by atoms with Crippen molar-refractivity contribution >= 4 is 23.5 Å². The maximum Gasteiger partial charge on any atom is 0.303 e. The van der Waals surface area contributed by atoms with Crippen molar-refractivity contribution in [2.75, 3.05) is 11.4 Å². The molecule has 1 N–H and O–H groups in total. The molecule has 0 radical (unpaired) electrons. The quantitative estimate of drug-likeness (QED) is 0.485. The molecule has 0 aliphatic carbocycles. The number of aliphatic carboxylic acids is 1. The molecule has 0 spiro atoms. The molecule has 2 aromatic rings. The zero-order valence-electron chi connectivity index (χ0n) is 18.9. The van der Waals surface area contributed by atoms with E-state index in [4.69, 9.17) is 5.11 Å². The normalized spacial score (nSPS) is 18.8. The molecule has 2 aliphatic heterocycles. The van der Waals surface area contributed by atoms with Crippen LogP contribution in [0.1, 0.15) is 78.3 Å². The lowest BCUT2D eigenvalue weighted by Crippen LogP contribution is -2.39. The number of imide groups is 1. The van der Waals surface area contributed by atoms with Crippen LogP contribution >= 0.6 is 0 Å². The van der Waals surface area contributed by atoms with Gasteiger partial charge in [-0.1, -0.05) is 44.5 Å². The average molecular weight is 435 g/mol. The number of carbonyl (C=O) groups is 3. The van der Waals surface area contributed by atoms with Crippen LogP contribution in [0.4, 0.5) is 5.69 Å². The molecule has 168 valence electrons. The number of carboxylic acids is 1. The van der Waals surface area contributed by atoms with E-state index < -0.39 is 5.97 Å². The predicted molar refractivity (Wildman–Crippen MR) is 123 cm³/mol. The first-order chi connectivity index (χ1) is 15.2. The Balaban J connectivity index is 1.50. The largest absolute Gasteiger partial charge is 0.481 e. The lowest BCUT2D eigenvalue weighted by Gasteiger charge is -2.31. The van der Waals surface area contributed by atoms with Gasteiger partial charge < -0.3 is 10.0 Å². The second kappa shape index (κ2) is 8.41. The van der Waals surface area contributed by atoms with E-state index in [0.29, 0.717) is 23.6 Å². The van der Waals surface area contributed by atoms with Gasteiger partial charge in [-0.3, -0.25) is 19.3 Å². The van der Waals surface area contributed by atoms with Gasteiger partial charge in [0, 0.05) is 30.1 Å². The summed E-state index contributed by atoms with van der Waals surface area (Å²) in [5.41, 5.74) is 4.23. The van der Waals surface area contributed by atoms with Gasteiger partial charge in [0.2, 0.25) is 0 Å². The molecule has 0 fully saturated rings. The summed E-state index contributed by atoms with van der Waals surface area (Å²) >= 11 is 0. The Morgan fingerprint density at radius 1 is 1.00 bits per heavy atom. The minimum atomic E-state index is -0.739. The van der Waals surface area contributed by atoms with Crippen molar-refractivity contribution in [3.05, 3.63) is 64.7 Å². The molecule has 2 aromatic carbocycles. The molecule has 32 heavy (non-hydrogen) atoms. The molecule has 0 saturated carbocycles. The lowest BCUT2D eigenvalue weighted by atomic mass is 9.81. The van der Waals surface area contributed by atoms with Crippen LogP contribution in [-0.4, -0.2) is 40.4 Å². The summed E-state index contributed by atoms with van der Waals surface area (Å²) in [6.07, 6.45) is 2.76. The highest BCUT2D eigenvalue weighted by atomic mass is 16.4. The minimum absolute atomic E-state index is 0.0750. The highest BCUT2D eigenvalue weighted by molar-refractivity contribution is 6.21. The van der Waals surface area contributed by atoms with E-state index in [-0.39, 0.29) is 30.2 Å². The molecule has 1 atom stereocenters. The van der Waals surface area contributed by atoms with E-state index in [1.807, 2.05) is 6.07 Å². The Kier molecular flexibility index (Phi) is 5.80. The van der Waals surface area contributed by atoms with Crippen molar-refractivity contribution < 1.29 is 19.5 Å². The van der Waals surface area contributed by atoms with Crippen LogP contribution in [0, 0.1) is 0 Å². The van der Waals surface area contributed by atoms with Gasteiger partial charge in [-0.25, -0.2) is 0 Å². The summed E-state index contributed by atoms with van der Waals surface area (Å²) in [6, 6.07) is 13.5. The lowest BCUT2D eigenvalue weighted by molar-refractivity contribution is -0.137. The first kappa shape index (κ1) is 22.1. The van der Waals surface area contributed by atoms with Gasteiger partial charge in [0.1, 0.15) is 0 Å². The van der Waals surface area contributed by atoms with E-state index in [2.05, 4.69) is 37.8 Å². The minimum Gasteiger partial charge on any atom is -0.481 e. The zero-order chi connectivity index (χ0) is 23.0. The van der Waals surface area contributed by atoms with Crippen LogP contribution in [0.15, 0.2) is 42.5 Å². The molecular formula is C26H30N2O4. The van der Waals surface area contributed by atoms with Gasteiger partial charge in [-0.15, -0.1) is 0 Å². The maximum absolute atomic E-state index is 12.8. The first-order valence-corrected chi connectivity index (χ1v) is 11.3. The van der Waals surface area contributed by atoms with Crippen molar-refractivity contribution in [1.82, 2.24) is 4.90 Å². The van der Waals surface area contributed by atoms with Crippen molar-refractivity contribution in [2.24, 2.45) is 0 Å². The number of carbonyl (C=O) groups excluding carboxylic acids is 2. The van der Waals surface area contributed by atoms with E-state index in [1.54, 1.807) is 24.3 Å². The summed E-state index contributed by atoms with van der Waals surface area (Å²) < 4.78 is 0. The molecule has 0 aromatic heterocycles. The Hall–Kier alpha value is -3.15. The fourth-order valence-corrected chi connectivity index (χ4v) is 4.89. The van der Waals surface area contributed by atoms with Crippen molar-refractivity contribution in [2.45, 2.75) is 64.5 Å². The van der Waals surface area contributed by atoms with Crippen LogP contribution in [0.5, 0.6) is 0 Å².